The van der Waals surface area contributed by atoms with Gasteiger partial charge in [0.05, 0.1) is 26.2 Å². The van der Waals surface area contributed by atoms with E-state index in [1.807, 2.05) is 48.5 Å². The minimum Gasteiger partial charge on any atom is -0.469 e. The number of esters is 1. The number of carbonyl (C=O) groups excluding carboxylic acids is 2. The number of hydrogen-bond donors (Lipinski definition) is 0. The summed E-state index contributed by atoms with van der Waals surface area (Å²) in [4.78, 5) is 24.2. The summed E-state index contributed by atoms with van der Waals surface area (Å²) in [5.74, 6) is -0.858. The molecular formula is C20H19NO7S. The Bertz CT molecular complexity index is 1020. The quantitative estimate of drug-likeness (QED) is 0.705. The number of amides is 1. The molecule has 29 heavy (non-hydrogen) atoms. The average molecular weight is 417 g/mol. The number of nitrogens with zero attached hydrogens (tertiary/aromatic N) is 1. The molecule has 1 heterocycles. The van der Waals surface area contributed by atoms with Gasteiger partial charge in [0, 0.05) is 5.92 Å². The smallest absolute Gasteiger partial charge is 0.425 e. The average Bonchev–Trinajstić information content (AvgIpc) is 3.20. The van der Waals surface area contributed by atoms with E-state index in [1.54, 1.807) is 0 Å². The number of fused-ring (bicyclic) bond motifs is 3. The van der Waals surface area contributed by atoms with Crippen molar-refractivity contribution in [3.63, 3.8) is 0 Å². The number of rotatable bonds is 4. The van der Waals surface area contributed by atoms with Crippen LogP contribution < -0.4 is 0 Å². The van der Waals surface area contributed by atoms with Crippen LogP contribution in [0.3, 0.4) is 0 Å². The number of ether oxygens (including phenoxy) is 2. The van der Waals surface area contributed by atoms with E-state index in [9.17, 15) is 18.0 Å². The van der Waals surface area contributed by atoms with Crippen molar-refractivity contribution in [3.05, 3.63) is 59.7 Å². The first kappa shape index (κ1) is 19.4. The maximum Gasteiger partial charge on any atom is 0.425 e. The van der Waals surface area contributed by atoms with Crippen LogP contribution in [0.4, 0.5) is 4.79 Å². The van der Waals surface area contributed by atoms with Crippen molar-refractivity contribution in [1.82, 2.24) is 4.31 Å². The lowest BCUT2D eigenvalue weighted by Gasteiger charge is -2.21. The Morgan fingerprint density at radius 3 is 2.24 bits per heavy atom. The second-order valence-electron chi connectivity index (χ2n) is 6.78. The van der Waals surface area contributed by atoms with E-state index in [0.29, 0.717) is 4.31 Å². The molecule has 0 aromatic heterocycles. The fourth-order valence-electron chi connectivity index (χ4n) is 3.79. The molecule has 0 spiro atoms. The molecule has 2 aliphatic rings. The van der Waals surface area contributed by atoms with Gasteiger partial charge in [-0.3, -0.25) is 8.98 Å². The molecule has 152 valence electrons. The molecule has 1 atom stereocenters. The first-order valence-corrected chi connectivity index (χ1v) is 10.4. The van der Waals surface area contributed by atoms with Crippen LogP contribution in [0.25, 0.3) is 11.1 Å². The highest BCUT2D eigenvalue weighted by Gasteiger charge is 2.45. The fraction of sp³-hybridized carbons (Fsp3) is 0.300. The third-order valence-electron chi connectivity index (χ3n) is 5.13. The first-order valence-electron chi connectivity index (χ1n) is 9.03. The van der Waals surface area contributed by atoms with Crippen molar-refractivity contribution in [2.45, 2.75) is 18.4 Å². The monoisotopic (exact) mass is 417 g/mol. The molecule has 1 fully saturated rings. The van der Waals surface area contributed by atoms with Crippen LogP contribution in [0.1, 0.15) is 23.5 Å². The second kappa shape index (κ2) is 7.49. The lowest BCUT2D eigenvalue weighted by Crippen LogP contribution is -2.41. The normalized spacial score (nSPS) is 19.5. The molecule has 1 aliphatic heterocycles. The molecule has 2 aromatic carbocycles. The third-order valence-corrected chi connectivity index (χ3v) is 6.49. The summed E-state index contributed by atoms with van der Waals surface area (Å²) in [6.07, 6.45) is -1.38. The van der Waals surface area contributed by atoms with Crippen molar-refractivity contribution < 1.29 is 31.7 Å². The Morgan fingerprint density at radius 2 is 1.66 bits per heavy atom. The van der Waals surface area contributed by atoms with Crippen LogP contribution in [0.15, 0.2) is 48.5 Å². The van der Waals surface area contributed by atoms with Crippen LogP contribution in [0.2, 0.25) is 0 Å². The summed E-state index contributed by atoms with van der Waals surface area (Å²) in [6, 6.07) is 14.6. The highest BCUT2D eigenvalue weighted by molar-refractivity contribution is 7.85. The van der Waals surface area contributed by atoms with Gasteiger partial charge < -0.3 is 9.47 Å². The molecule has 0 bridgehead atoms. The predicted octanol–water partition coefficient (Wildman–Crippen LogP) is 2.44. The second-order valence-corrected chi connectivity index (χ2v) is 8.26. The Morgan fingerprint density at radius 1 is 1.07 bits per heavy atom. The van der Waals surface area contributed by atoms with Gasteiger partial charge in [-0.1, -0.05) is 48.5 Å². The molecule has 9 heteroatoms. The summed E-state index contributed by atoms with van der Waals surface area (Å²) in [5, 5.41) is 0. The minimum atomic E-state index is -4.31. The van der Waals surface area contributed by atoms with Crippen LogP contribution in [0, 0.1) is 0 Å². The Labute approximate surface area is 168 Å². The summed E-state index contributed by atoms with van der Waals surface area (Å²) in [5.41, 5.74) is 4.14. The van der Waals surface area contributed by atoms with Crippen molar-refractivity contribution in [2.75, 3.05) is 20.3 Å². The molecule has 1 amide bonds. The maximum atomic E-state index is 12.6. The molecule has 4 rings (SSSR count). The van der Waals surface area contributed by atoms with Gasteiger partial charge >= 0.3 is 22.4 Å². The summed E-state index contributed by atoms with van der Waals surface area (Å²) < 4.78 is 39.4. The van der Waals surface area contributed by atoms with Gasteiger partial charge in [-0.05, 0) is 22.3 Å². The number of carbonyl (C=O) groups is 2. The van der Waals surface area contributed by atoms with E-state index in [2.05, 4.69) is 4.74 Å². The summed E-state index contributed by atoms with van der Waals surface area (Å²) in [7, 11) is -3.12. The number of benzene rings is 2. The van der Waals surface area contributed by atoms with E-state index in [-0.39, 0.29) is 25.6 Å². The minimum absolute atomic E-state index is 0.0379. The van der Waals surface area contributed by atoms with E-state index in [1.165, 1.54) is 7.11 Å². The highest BCUT2D eigenvalue weighted by atomic mass is 32.2. The van der Waals surface area contributed by atoms with Gasteiger partial charge in [-0.25, -0.2) is 4.79 Å². The number of methoxy groups -OCH3 is 1. The first-order chi connectivity index (χ1) is 13.9. The zero-order valence-electron chi connectivity index (χ0n) is 15.6. The van der Waals surface area contributed by atoms with Gasteiger partial charge in [-0.2, -0.15) is 12.7 Å². The van der Waals surface area contributed by atoms with Crippen molar-refractivity contribution in [3.8, 4) is 11.1 Å². The SMILES string of the molecule is COC(=O)C[C@H]1COS(=O)(=O)N1C(=O)OCC1c2ccccc2-c2ccccc21. The Hall–Kier alpha value is -2.91. The van der Waals surface area contributed by atoms with Crippen molar-refractivity contribution >= 4 is 22.4 Å². The van der Waals surface area contributed by atoms with E-state index in [0.717, 1.165) is 22.3 Å². The summed E-state index contributed by atoms with van der Waals surface area (Å²) in [6.45, 7) is -0.356. The van der Waals surface area contributed by atoms with Crippen LogP contribution >= 0.6 is 0 Å². The largest absolute Gasteiger partial charge is 0.469 e. The standard InChI is InChI=1S/C20H19NO7S/c1-26-19(22)10-13-11-28-29(24,25)21(13)20(23)27-12-18-16-8-4-2-6-14(16)15-7-3-5-9-17(15)18/h2-9,13,18H,10-12H2,1H3/t13-/m0/s1. The zero-order valence-corrected chi connectivity index (χ0v) is 16.4. The molecule has 2 aromatic rings. The zero-order chi connectivity index (χ0) is 20.6. The maximum absolute atomic E-state index is 12.6. The Kier molecular flexibility index (Phi) is 5.01. The van der Waals surface area contributed by atoms with Gasteiger partial charge in [0.25, 0.3) is 0 Å². The highest BCUT2D eigenvalue weighted by Crippen LogP contribution is 2.44. The number of hydrogen-bond acceptors (Lipinski definition) is 7. The molecule has 0 N–H and O–H groups in total. The molecule has 8 nitrogen and oxygen atoms in total. The molecule has 0 unspecified atom stereocenters. The molecular weight excluding hydrogens is 398 g/mol. The van der Waals surface area contributed by atoms with Gasteiger partial charge in [0.2, 0.25) is 0 Å². The van der Waals surface area contributed by atoms with Crippen LogP contribution in [0.5, 0.6) is 0 Å². The summed E-state index contributed by atoms with van der Waals surface area (Å²) >= 11 is 0. The van der Waals surface area contributed by atoms with Gasteiger partial charge in [-0.15, -0.1) is 0 Å². The lowest BCUT2D eigenvalue weighted by molar-refractivity contribution is -0.141. The van der Waals surface area contributed by atoms with Gasteiger partial charge in [0.15, 0.2) is 0 Å². The van der Waals surface area contributed by atoms with Crippen molar-refractivity contribution in [2.24, 2.45) is 0 Å². The van der Waals surface area contributed by atoms with E-state index < -0.39 is 28.4 Å². The molecule has 0 radical (unpaired) electrons. The molecule has 1 aliphatic carbocycles. The van der Waals surface area contributed by atoms with Crippen LogP contribution in [-0.2, 0) is 28.8 Å². The van der Waals surface area contributed by atoms with E-state index >= 15 is 0 Å². The molecule has 1 saturated heterocycles. The van der Waals surface area contributed by atoms with Crippen molar-refractivity contribution in [1.29, 1.82) is 0 Å². The topological polar surface area (TPSA) is 99.2 Å². The van der Waals surface area contributed by atoms with E-state index in [4.69, 9.17) is 8.92 Å². The predicted molar refractivity (Wildman–Crippen MR) is 102 cm³/mol. The lowest BCUT2D eigenvalue weighted by atomic mass is 9.98. The molecule has 0 saturated carbocycles. The fourth-order valence-corrected chi connectivity index (χ4v) is 4.97. The van der Waals surface area contributed by atoms with Crippen LogP contribution in [-0.4, -0.2) is 51.2 Å². The van der Waals surface area contributed by atoms with Gasteiger partial charge in [0.1, 0.15) is 6.61 Å². The Balaban J connectivity index is 1.54. The third kappa shape index (κ3) is 3.47.